The number of hydrogen-bond donors (Lipinski definition) is 1. The molecule has 1 aliphatic heterocycles. The maximum atomic E-state index is 12.9. The number of carbonyl (C=O) groups excluding carboxylic acids is 2. The van der Waals surface area contributed by atoms with E-state index in [-0.39, 0.29) is 46.5 Å². The quantitative estimate of drug-likeness (QED) is 0.587. The van der Waals surface area contributed by atoms with Gasteiger partial charge >= 0.3 is 5.97 Å². The minimum atomic E-state index is -0.346. The summed E-state index contributed by atoms with van der Waals surface area (Å²) in [6, 6.07) is 5.69. The fourth-order valence-corrected chi connectivity index (χ4v) is 6.68. The number of fused-ring (bicyclic) bond motifs is 2. The molecule has 6 nitrogen and oxygen atoms in total. The highest BCUT2D eigenvalue weighted by Crippen LogP contribution is 2.60. The lowest BCUT2D eigenvalue weighted by Crippen LogP contribution is -2.40. The van der Waals surface area contributed by atoms with Crippen molar-refractivity contribution in [1.82, 2.24) is 4.98 Å². The lowest BCUT2D eigenvalue weighted by Gasteiger charge is -2.27. The Bertz CT molecular complexity index is 916. The lowest BCUT2D eigenvalue weighted by atomic mass is 9.79. The number of nitrogens with one attached hydrogen (secondary N) is 1. The SMILES string of the molecule is CCOc1ccc2nc(NC(=O)[C@H]3[C@@H]4C[C@H]5[C@H](OC(=O)[C@@H]53)[C@@H]4Br)sc2c1. The van der Waals surface area contributed by atoms with Crippen LogP contribution < -0.4 is 10.1 Å². The first-order chi connectivity index (χ1) is 12.6. The molecule has 2 heterocycles. The largest absolute Gasteiger partial charge is 0.494 e. The van der Waals surface area contributed by atoms with Gasteiger partial charge in [0.05, 0.1) is 33.5 Å². The number of esters is 1. The average Bonchev–Trinajstić information content (AvgIpc) is 3.31. The summed E-state index contributed by atoms with van der Waals surface area (Å²) < 4.78 is 11.9. The van der Waals surface area contributed by atoms with E-state index in [1.807, 2.05) is 25.1 Å². The minimum Gasteiger partial charge on any atom is -0.494 e. The molecule has 0 radical (unpaired) electrons. The number of rotatable bonds is 4. The van der Waals surface area contributed by atoms with Crippen LogP contribution >= 0.6 is 27.3 Å². The molecule has 1 saturated heterocycles. The Morgan fingerprint density at radius 2 is 2.31 bits per heavy atom. The van der Waals surface area contributed by atoms with Crippen LogP contribution in [0.2, 0.25) is 0 Å². The van der Waals surface area contributed by atoms with Gasteiger partial charge in [-0.3, -0.25) is 9.59 Å². The second-order valence-corrected chi connectivity index (χ2v) is 9.12. The fraction of sp³-hybridized carbons (Fsp3) is 0.500. The predicted molar refractivity (Wildman–Crippen MR) is 101 cm³/mol. The summed E-state index contributed by atoms with van der Waals surface area (Å²) in [7, 11) is 0. The molecule has 8 heteroatoms. The van der Waals surface area contributed by atoms with E-state index in [1.165, 1.54) is 11.3 Å². The smallest absolute Gasteiger partial charge is 0.310 e. The fourth-order valence-electron chi connectivity index (χ4n) is 4.73. The predicted octanol–water partition coefficient (Wildman–Crippen LogP) is 3.20. The van der Waals surface area contributed by atoms with Crippen LogP contribution in [0.5, 0.6) is 5.75 Å². The third-order valence-corrected chi connectivity index (χ3v) is 7.86. The van der Waals surface area contributed by atoms with E-state index in [0.717, 1.165) is 22.4 Å². The zero-order valence-electron chi connectivity index (χ0n) is 14.0. The molecule has 5 rings (SSSR count). The van der Waals surface area contributed by atoms with E-state index >= 15 is 0 Å². The molecule has 3 fully saturated rings. The Morgan fingerprint density at radius 3 is 3.12 bits per heavy atom. The van der Waals surface area contributed by atoms with Crippen molar-refractivity contribution in [2.45, 2.75) is 24.3 Å². The van der Waals surface area contributed by atoms with Crippen LogP contribution in [-0.4, -0.2) is 34.4 Å². The molecule has 1 aromatic carbocycles. The number of nitrogens with zero attached hydrogens (tertiary/aromatic N) is 1. The Morgan fingerprint density at radius 1 is 1.46 bits per heavy atom. The van der Waals surface area contributed by atoms with Gasteiger partial charge in [-0.05, 0) is 37.5 Å². The number of halogens is 1. The Labute approximate surface area is 162 Å². The molecule has 0 spiro atoms. The summed E-state index contributed by atoms with van der Waals surface area (Å²) in [5, 5.41) is 3.48. The molecule has 2 aromatic rings. The minimum absolute atomic E-state index is 0.0649. The summed E-state index contributed by atoms with van der Waals surface area (Å²) in [6.45, 7) is 2.54. The molecule has 1 amide bonds. The average molecular weight is 437 g/mol. The molecule has 3 aliphatic rings. The maximum Gasteiger partial charge on any atom is 0.310 e. The van der Waals surface area contributed by atoms with Gasteiger partial charge in [0.2, 0.25) is 5.91 Å². The summed E-state index contributed by atoms with van der Waals surface area (Å²) in [5.41, 5.74) is 0.820. The zero-order chi connectivity index (χ0) is 18.0. The first kappa shape index (κ1) is 16.5. The number of carbonyl (C=O) groups is 2. The van der Waals surface area contributed by atoms with Gasteiger partial charge in [-0.25, -0.2) is 4.98 Å². The topological polar surface area (TPSA) is 77.5 Å². The van der Waals surface area contributed by atoms with Crippen molar-refractivity contribution in [3.8, 4) is 5.75 Å². The number of anilines is 1. The number of benzene rings is 1. The van der Waals surface area contributed by atoms with Crippen molar-refractivity contribution in [3.05, 3.63) is 18.2 Å². The number of amides is 1. The van der Waals surface area contributed by atoms with Gasteiger partial charge in [-0.1, -0.05) is 27.3 Å². The van der Waals surface area contributed by atoms with Crippen LogP contribution in [0.1, 0.15) is 13.3 Å². The molecule has 6 atom stereocenters. The first-order valence-corrected chi connectivity index (χ1v) is 10.5. The van der Waals surface area contributed by atoms with Gasteiger partial charge in [-0.2, -0.15) is 0 Å². The summed E-state index contributed by atoms with van der Waals surface area (Å²) >= 11 is 5.05. The highest BCUT2D eigenvalue weighted by Gasteiger charge is 2.67. The molecular formula is C18H17BrN2O4S. The van der Waals surface area contributed by atoms with E-state index in [1.54, 1.807) is 0 Å². The zero-order valence-corrected chi connectivity index (χ0v) is 16.4. The van der Waals surface area contributed by atoms with Crippen molar-refractivity contribution in [2.24, 2.45) is 23.7 Å². The summed E-state index contributed by atoms with van der Waals surface area (Å²) in [6.07, 6.45) is 0.799. The molecular weight excluding hydrogens is 420 g/mol. The third kappa shape index (κ3) is 2.31. The van der Waals surface area contributed by atoms with Crippen LogP contribution in [0.25, 0.3) is 10.2 Å². The van der Waals surface area contributed by atoms with Crippen molar-refractivity contribution in [3.63, 3.8) is 0 Å². The van der Waals surface area contributed by atoms with Crippen molar-refractivity contribution in [2.75, 3.05) is 11.9 Å². The number of hydrogen-bond acceptors (Lipinski definition) is 6. The van der Waals surface area contributed by atoms with Gasteiger partial charge in [0.1, 0.15) is 11.9 Å². The summed E-state index contributed by atoms with van der Waals surface area (Å²) in [4.78, 5) is 29.7. The van der Waals surface area contributed by atoms with Gasteiger partial charge in [0.15, 0.2) is 5.13 Å². The van der Waals surface area contributed by atoms with Crippen LogP contribution in [0.15, 0.2) is 18.2 Å². The van der Waals surface area contributed by atoms with Gasteiger partial charge in [-0.15, -0.1) is 0 Å². The highest BCUT2D eigenvalue weighted by atomic mass is 79.9. The van der Waals surface area contributed by atoms with Crippen molar-refractivity contribution < 1.29 is 19.1 Å². The standard InChI is InChI=1S/C18H17BrN2O4S/c1-2-24-7-3-4-10-11(5-7)26-18(20-10)21-16(22)12-8-6-9-13(12)17(23)25-15(9)14(8)19/h3-5,8-9,12-15H,2,6H2,1H3,(H,20,21,22)/t8-,9+,12-,13-,14+,15-/m0/s1. The molecule has 1 aromatic heterocycles. The van der Waals surface area contributed by atoms with Crippen LogP contribution in [-0.2, 0) is 14.3 Å². The normalized spacial score (nSPS) is 34.3. The van der Waals surface area contributed by atoms with Gasteiger partial charge < -0.3 is 14.8 Å². The number of aromatic nitrogens is 1. The summed E-state index contributed by atoms with van der Waals surface area (Å²) in [5.74, 6) is 0.0802. The second-order valence-electron chi connectivity index (χ2n) is 7.03. The van der Waals surface area contributed by atoms with E-state index in [4.69, 9.17) is 9.47 Å². The molecule has 136 valence electrons. The molecule has 1 N–H and O–H groups in total. The third-order valence-electron chi connectivity index (χ3n) is 5.73. The first-order valence-electron chi connectivity index (χ1n) is 8.75. The molecule has 2 bridgehead atoms. The highest BCUT2D eigenvalue weighted by molar-refractivity contribution is 9.09. The Kier molecular flexibility index (Phi) is 3.76. The van der Waals surface area contributed by atoms with Crippen LogP contribution in [0.4, 0.5) is 5.13 Å². The Hall–Kier alpha value is -1.67. The van der Waals surface area contributed by atoms with Gasteiger partial charge in [0, 0.05) is 5.92 Å². The number of ether oxygens (including phenoxy) is 2. The van der Waals surface area contributed by atoms with E-state index in [0.29, 0.717) is 11.7 Å². The molecule has 2 aliphatic carbocycles. The number of alkyl halides is 1. The Balaban J connectivity index is 1.39. The van der Waals surface area contributed by atoms with E-state index in [9.17, 15) is 9.59 Å². The van der Waals surface area contributed by atoms with E-state index < -0.39 is 0 Å². The lowest BCUT2D eigenvalue weighted by molar-refractivity contribution is -0.145. The molecule has 2 saturated carbocycles. The monoisotopic (exact) mass is 436 g/mol. The molecule has 0 unspecified atom stereocenters. The van der Waals surface area contributed by atoms with Crippen molar-refractivity contribution in [1.29, 1.82) is 0 Å². The van der Waals surface area contributed by atoms with Crippen LogP contribution in [0, 0.1) is 23.7 Å². The maximum absolute atomic E-state index is 12.9. The van der Waals surface area contributed by atoms with Crippen LogP contribution in [0.3, 0.4) is 0 Å². The van der Waals surface area contributed by atoms with Gasteiger partial charge in [0.25, 0.3) is 0 Å². The van der Waals surface area contributed by atoms with E-state index in [2.05, 4.69) is 26.2 Å². The second kappa shape index (κ2) is 5.92. The molecule has 26 heavy (non-hydrogen) atoms. The van der Waals surface area contributed by atoms with Crippen molar-refractivity contribution >= 4 is 54.5 Å². The number of thiazole rings is 1.